The van der Waals surface area contributed by atoms with Crippen molar-refractivity contribution in [2.45, 2.75) is 13.8 Å². The minimum atomic E-state index is 0.0171. The normalized spacial score (nSPS) is 17.7. The van der Waals surface area contributed by atoms with E-state index in [1.54, 1.807) is 0 Å². The van der Waals surface area contributed by atoms with E-state index in [2.05, 4.69) is 32.8 Å². The fourth-order valence-corrected chi connectivity index (χ4v) is 3.90. The first-order valence-electron chi connectivity index (χ1n) is 11.0. The van der Waals surface area contributed by atoms with Gasteiger partial charge in [-0.05, 0) is 33.0 Å². The lowest BCUT2D eigenvalue weighted by molar-refractivity contribution is -0.133. The lowest BCUT2D eigenvalue weighted by atomic mass is 10.2. The molecule has 0 spiro atoms. The zero-order chi connectivity index (χ0) is 21.8. The van der Waals surface area contributed by atoms with Gasteiger partial charge in [-0.3, -0.25) is 4.79 Å². The zero-order valence-electron chi connectivity index (χ0n) is 18.8. The second kappa shape index (κ2) is 9.51. The van der Waals surface area contributed by atoms with Crippen LogP contribution in [0.4, 0.5) is 11.8 Å². The number of likely N-dealkylation sites (N-methyl/N-ethyl adjacent to an activating group) is 1. The maximum atomic E-state index is 12.6. The Bertz CT molecular complexity index is 887. The first kappa shape index (κ1) is 21.4. The summed E-state index contributed by atoms with van der Waals surface area (Å²) in [6.07, 6.45) is 0. The molecule has 2 aliphatic heterocycles. The highest BCUT2D eigenvalue weighted by molar-refractivity contribution is 5.78. The molecule has 1 amide bonds. The lowest BCUT2D eigenvalue weighted by Gasteiger charge is -2.36. The van der Waals surface area contributed by atoms with Gasteiger partial charge in [-0.25, -0.2) is 4.98 Å². The fourth-order valence-electron chi connectivity index (χ4n) is 3.90. The Balaban J connectivity index is 1.32. The summed E-state index contributed by atoms with van der Waals surface area (Å²) in [5, 5.41) is 0. The molecule has 2 aromatic rings. The molecule has 0 N–H and O–H groups in total. The Morgan fingerprint density at radius 3 is 2.23 bits per heavy atom. The van der Waals surface area contributed by atoms with Crippen LogP contribution in [0.1, 0.15) is 11.3 Å². The molecule has 0 unspecified atom stereocenters. The molecule has 3 heterocycles. The highest BCUT2D eigenvalue weighted by atomic mass is 16.5. The Hall–Kier alpha value is -2.87. The Morgan fingerprint density at radius 2 is 1.55 bits per heavy atom. The van der Waals surface area contributed by atoms with Gasteiger partial charge in [0.15, 0.2) is 6.61 Å². The van der Waals surface area contributed by atoms with Gasteiger partial charge >= 0.3 is 0 Å². The number of aromatic nitrogens is 2. The van der Waals surface area contributed by atoms with Crippen LogP contribution in [0.25, 0.3) is 0 Å². The largest absolute Gasteiger partial charge is 0.484 e. The predicted molar refractivity (Wildman–Crippen MR) is 122 cm³/mol. The second-order valence-corrected chi connectivity index (χ2v) is 8.43. The number of aryl methyl sites for hydroxylation is 2. The molecular weight excluding hydrogens is 392 g/mol. The number of hydrogen-bond donors (Lipinski definition) is 0. The highest BCUT2D eigenvalue weighted by Gasteiger charge is 2.24. The molecule has 31 heavy (non-hydrogen) atoms. The summed E-state index contributed by atoms with van der Waals surface area (Å²) >= 11 is 0. The summed E-state index contributed by atoms with van der Waals surface area (Å²) in [5.74, 6) is 2.50. The van der Waals surface area contributed by atoms with Gasteiger partial charge in [0.2, 0.25) is 5.95 Å². The third kappa shape index (κ3) is 5.44. The topological polar surface area (TPSA) is 65.0 Å². The molecule has 2 saturated heterocycles. The van der Waals surface area contributed by atoms with E-state index in [-0.39, 0.29) is 12.5 Å². The third-order valence-electron chi connectivity index (χ3n) is 5.95. The summed E-state index contributed by atoms with van der Waals surface area (Å²) in [4.78, 5) is 30.8. The van der Waals surface area contributed by atoms with Crippen molar-refractivity contribution in [3.8, 4) is 5.75 Å². The van der Waals surface area contributed by atoms with Crippen LogP contribution in [0.15, 0.2) is 30.3 Å². The monoisotopic (exact) mass is 424 g/mol. The van der Waals surface area contributed by atoms with Crippen LogP contribution in [0.5, 0.6) is 5.75 Å². The number of piperazine rings is 2. The van der Waals surface area contributed by atoms with Crippen LogP contribution < -0.4 is 14.5 Å². The summed E-state index contributed by atoms with van der Waals surface area (Å²) < 4.78 is 5.66. The van der Waals surface area contributed by atoms with Crippen molar-refractivity contribution >= 4 is 17.7 Å². The van der Waals surface area contributed by atoms with Gasteiger partial charge in [-0.15, -0.1) is 0 Å². The molecule has 1 aromatic heterocycles. The van der Waals surface area contributed by atoms with E-state index in [0.717, 1.165) is 62.5 Å². The number of hydrogen-bond acceptors (Lipinski definition) is 7. The van der Waals surface area contributed by atoms with Crippen molar-refractivity contribution < 1.29 is 9.53 Å². The van der Waals surface area contributed by atoms with Crippen molar-refractivity contribution in [2.24, 2.45) is 0 Å². The van der Waals surface area contributed by atoms with Crippen LogP contribution in [0.2, 0.25) is 0 Å². The SMILES string of the molecule is Cc1ccc(OCC(=O)N2CCN(c3nc(C)cc(N4CCN(C)CC4)n3)CC2)cc1. The van der Waals surface area contributed by atoms with Crippen molar-refractivity contribution in [1.29, 1.82) is 0 Å². The van der Waals surface area contributed by atoms with E-state index in [9.17, 15) is 4.79 Å². The first-order valence-corrected chi connectivity index (χ1v) is 11.0. The Kier molecular flexibility index (Phi) is 6.56. The molecule has 1 aromatic carbocycles. The van der Waals surface area contributed by atoms with Gasteiger partial charge in [0.25, 0.3) is 5.91 Å². The Labute approximate surface area is 184 Å². The molecule has 0 saturated carbocycles. The van der Waals surface area contributed by atoms with Gasteiger partial charge in [-0.2, -0.15) is 4.98 Å². The van der Waals surface area contributed by atoms with Gasteiger partial charge in [0, 0.05) is 64.1 Å². The molecule has 0 radical (unpaired) electrons. The zero-order valence-corrected chi connectivity index (χ0v) is 18.8. The predicted octanol–water partition coefficient (Wildman–Crippen LogP) is 1.57. The maximum Gasteiger partial charge on any atom is 0.260 e. The lowest BCUT2D eigenvalue weighted by Crippen LogP contribution is -2.50. The molecule has 0 atom stereocenters. The van der Waals surface area contributed by atoms with Crippen molar-refractivity contribution in [2.75, 3.05) is 75.8 Å². The molecule has 0 aliphatic carbocycles. The number of ether oxygens (including phenoxy) is 1. The number of carbonyl (C=O) groups excluding carboxylic acids is 1. The number of rotatable bonds is 5. The highest BCUT2D eigenvalue weighted by Crippen LogP contribution is 2.20. The third-order valence-corrected chi connectivity index (χ3v) is 5.95. The van der Waals surface area contributed by atoms with Crippen molar-refractivity contribution in [1.82, 2.24) is 19.8 Å². The maximum absolute atomic E-state index is 12.6. The van der Waals surface area contributed by atoms with E-state index < -0.39 is 0 Å². The van der Waals surface area contributed by atoms with Gasteiger partial charge in [0.1, 0.15) is 11.6 Å². The van der Waals surface area contributed by atoms with Gasteiger partial charge in [0.05, 0.1) is 0 Å². The van der Waals surface area contributed by atoms with Gasteiger partial charge in [-0.1, -0.05) is 17.7 Å². The second-order valence-electron chi connectivity index (χ2n) is 8.43. The summed E-state index contributed by atoms with van der Waals surface area (Å²) in [6.45, 7) is 10.9. The minimum Gasteiger partial charge on any atom is -0.484 e. The van der Waals surface area contributed by atoms with Crippen molar-refractivity contribution in [3.63, 3.8) is 0 Å². The average Bonchev–Trinajstić information content (AvgIpc) is 2.78. The fraction of sp³-hybridized carbons (Fsp3) is 0.522. The van der Waals surface area contributed by atoms with E-state index in [0.29, 0.717) is 13.1 Å². The average molecular weight is 425 g/mol. The number of benzene rings is 1. The van der Waals surface area contributed by atoms with E-state index >= 15 is 0 Å². The molecule has 0 bridgehead atoms. The smallest absolute Gasteiger partial charge is 0.260 e. The molecule has 4 rings (SSSR count). The van der Waals surface area contributed by atoms with Crippen LogP contribution in [0, 0.1) is 13.8 Å². The summed E-state index contributed by atoms with van der Waals surface area (Å²) in [7, 11) is 2.15. The minimum absolute atomic E-state index is 0.0171. The van der Waals surface area contributed by atoms with Crippen LogP contribution in [-0.2, 0) is 4.79 Å². The summed E-state index contributed by atoms with van der Waals surface area (Å²) in [5.41, 5.74) is 2.15. The Morgan fingerprint density at radius 1 is 0.903 bits per heavy atom. The standard InChI is InChI=1S/C23H32N6O2/c1-18-4-6-20(7-5-18)31-17-22(30)28-12-14-29(15-13-28)23-24-19(2)16-21(25-23)27-10-8-26(3)9-11-27/h4-7,16H,8-15,17H2,1-3H3. The van der Waals surface area contributed by atoms with Gasteiger partial charge < -0.3 is 24.3 Å². The van der Waals surface area contributed by atoms with Crippen LogP contribution in [0.3, 0.4) is 0 Å². The number of anilines is 2. The quantitative estimate of drug-likeness (QED) is 0.722. The van der Waals surface area contributed by atoms with E-state index in [1.807, 2.05) is 43.0 Å². The summed E-state index contributed by atoms with van der Waals surface area (Å²) in [6, 6.07) is 9.83. The molecule has 8 nitrogen and oxygen atoms in total. The van der Waals surface area contributed by atoms with Crippen molar-refractivity contribution in [3.05, 3.63) is 41.6 Å². The molecule has 2 aliphatic rings. The van der Waals surface area contributed by atoms with E-state index in [4.69, 9.17) is 9.72 Å². The molecule has 2 fully saturated rings. The van der Waals surface area contributed by atoms with E-state index in [1.165, 1.54) is 5.56 Å². The first-order chi connectivity index (χ1) is 15.0. The van der Waals surface area contributed by atoms with Crippen LogP contribution >= 0.6 is 0 Å². The number of amides is 1. The molecule has 166 valence electrons. The molecular formula is C23H32N6O2. The number of carbonyl (C=O) groups is 1. The number of nitrogens with zero attached hydrogens (tertiary/aromatic N) is 6. The van der Waals surface area contributed by atoms with Crippen LogP contribution in [-0.4, -0.2) is 91.7 Å². The molecule has 8 heteroatoms.